The summed E-state index contributed by atoms with van der Waals surface area (Å²) < 4.78 is 0. The van der Waals surface area contributed by atoms with Crippen molar-refractivity contribution in [2.24, 2.45) is 0 Å². The molecule has 0 aliphatic carbocycles. The van der Waals surface area contributed by atoms with Crippen molar-refractivity contribution in [2.45, 2.75) is 35.4 Å². The van der Waals surface area contributed by atoms with E-state index in [0.29, 0.717) is 0 Å². The summed E-state index contributed by atoms with van der Waals surface area (Å²) in [5.41, 5.74) is 3.11. The topological polar surface area (TPSA) is 93.0 Å². The largest absolute Gasteiger partial charge is 0.395 e. The summed E-state index contributed by atoms with van der Waals surface area (Å²) >= 11 is 1.24. The van der Waals surface area contributed by atoms with E-state index < -0.39 is 28.9 Å². The molecular formula is C19H23NO4S. The number of aliphatic hydroxyl groups excluding tert-OH is 4. The molecule has 5 N–H and O–H groups in total. The Kier molecular flexibility index (Phi) is 5.98. The van der Waals surface area contributed by atoms with Crippen LogP contribution < -0.4 is 5.32 Å². The van der Waals surface area contributed by atoms with Crippen LogP contribution in [0.2, 0.25) is 0 Å². The number of anilines is 1. The van der Waals surface area contributed by atoms with E-state index in [9.17, 15) is 20.4 Å². The number of thioether (sulfide) groups is 1. The van der Waals surface area contributed by atoms with Crippen molar-refractivity contribution in [1.82, 2.24) is 0 Å². The lowest BCUT2D eigenvalue weighted by Crippen LogP contribution is -2.56. The monoisotopic (exact) mass is 361 g/mol. The van der Waals surface area contributed by atoms with Gasteiger partial charge >= 0.3 is 0 Å². The van der Waals surface area contributed by atoms with Gasteiger partial charge in [-0.3, -0.25) is 0 Å². The molecule has 0 spiro atoms. The summed E-state index contributed by atoms with van der Waals surface area (Å²) in [4.78, 5) is 0. The molecule has 0 aromatic heterocycles. The van der Waals surface area contributed by atoms with Crippen LogP contribution in [0.25, 0.3) is 0 Å². The van der Waals surface area contributed by atoms with Crippen LogP contribution in [0, 0.1) is 0 Å². The molecule has 5 nitrogen and oxygen atoms in total. The highest BCUT2D eigenvalue weighted by Gasteiger charge is 2.43. The first-order valence-corrected chi connectivity index (χ1v) is 9.23. The third kappa shape index (κ3) is 4.16. The summed E-state index contributed by atoms with van der Waals surface area (Å²) in [5.74, 6) is 0. The number of nitrogens with one attached hydrogen (secondary N) is 1. The van der Waals surface area contributed by atoms with Crippen LogP contribution >= 0.6 is 11.8 Å². The molecule has 6 heteroatoms. The molecular weight excluding hydrogens is 338 g/mol. The first-order valence-electron chi connectivity index (χ1n) is 8.29. The zero-order valence-corrected chi connectivity index (χ0v) is 14.5. The Morgan fingerprint density at radius 3 is 2.24 bits per heavy atom. The highest BCUT2D eigenvalue weighted by Crippen LogP contribution is 2.34. The van der Waals surface area contributed by atoms with Crippen LogP contribution in [0.3, 0.4) is 0 Å². The highest BCUT2D eigenvalue weighted by atomic mass is 32.2. The van der Waals surface area contributed by atoms with Gasteiger partial charge in [-0.15, -0.1) is 11.8 Å². The van der Waals surface area contributed by atoms with Gasteiger partial charge in [-0.2, -0.15) is 0 Å². The Labute approximate surface area is 151 Å². The van der Waals surface area contributed by atoms with Crippen LogP contribution in [-0.2, 0) is 6.42 Å². The molecule has 134 valence electrons. The number of benzene rings is 2. The molecule has 1 fully saturated rings. The van der Waals surface area contributed by atoms with Crippen molar-refractivity contribution >= 4 is 17.4 Å². The minimum absolute atomic E-state index is 0.264. The predicted molar refractivity (Wildman–Crippen MR) is 99.6 cm³/mol. The van der Waals surface area contributed by atoms with E-state index >= 15 is 0 Å². The third-order valence-electron chi connectivity index (χ3n) is 4.44. The average Bonchev–Trinajstić information content (AvgIpc) is 2.64. The maximum Gasteiger partial charge on any atom is 0.112 e. The standard InChI is InChI=1S/C19H23NO4S/c21-11-15-16(22)17(23)18(24)19(25-15)20-14-9-5-4-8-13(14)10-12-6-2-1-3-7-12/h1-9,15-24H,10-11H2/t15?,16-,17+,18-,19-/m1/s1. The van der Waals surface area contributed by atoms with Crippen LogP contribution in [0.4, 0.5) is 5.69 Å². The average molecular weight is 361 g/mol. The summed E-state index contributed by atoms with van der Waals surface area (Å²) in [5, 5.41) is 41.8. The van der Waals surface area contributed by atoms with Gasteiger partial charge in [0.05, 0.1) is 18.0 Å². The maximum absolute atomic E-state index is 10.3. The molecule has 0 amide bonds. The Balaban J connectivity index is 1.78. The molecule has 3 rings (SSSR count). The lowest BCUT2D eigenvalue weighted by atomic mass is 10.0. The van der Waals surface area contributed by atoms with Gasteiger partial charge in [0.25, 0.3) is 0 Å². The van der Waals surface area contributed by atoms with E-state index in [1.165, 1.54) is 17.3 Å². The molecule has 25 heavy (non-hydrogen) atoms. The molecule has 2 aromatic carbocycles. The van der Waals surface area contributed by atoms with Crippen molar-refractivity contribution in [3.63, 3.8) is 0 Å². The van der Waals surface area contributed by atoms with Crippen molar-refractivity contribution < 1.29 is 20.4 Å². The quantitative estimate of drug-likeness (QED) is 0.550. The smallest absolute Gasteiger partial charge is 0.112 e. The Morgan fingerprint density at radius 1 is 0.840 bits per heavy atom. The molecule has 0 saturated carbocycles. The molecule has 1 saturated heterocycles. The second-order valence-corrected chi connectivity index (χ2v) is 7.60. The fraction of sp³-hybridized carbons (Fsp3) is 0.368. The summed E-state index contributed by atoms with van der Waals surface area (Å²) in [6.07, 6.45) is -2.83. The molecule has 1 aliphatic heterocycles. The number of aliphatic hydroxyl groups is 4. The van der Waals surface area contributed by atoms with E-state index in [-0.39, 0.29) is 6.61 Å². The molecule has 1 unspecified atom stereocenters. The Bertz CT molecular complexity index is 682. The van der Waals surface area contributed by atoms with Crippen LogP contribution in [0.15, 0.2) is 54.6 Å². The van der Waals surface area contributed by atoms with Gasteiger partial charge in [-0.05, 0) is 23.6 Å². The van der Waals surface area contributed by atoms with Gasteiger partial charge in [0.2, 0.25) is 0 Å². The van der Waals surface area contributed by atoms with E-state index in [1.807, 2.05) is 42.5 Å². The lowest BCUT2D eigenvalue weighted by Gasteiger charge is -2.40. The van der Waals surface area contributed by atoms with Crippen LogP contribution in [0.5, 0.6) is 0 Å². The number of rotatable bonds is 5. The molecule has 5 atom stereocenters. The molecule has 1 heterocycles. The van der Waals surface area contributed by atoms with Crippen molar-refractivity contribution in [1.29, 1.82) is 0 Å². The van der Waals surface area contributed by atoms with Gasteiger partial charge < -0.3 is 25.7 Å². The first kappa shape index (κ1) is 18.2. The van der Waals surface area contributed by atoms with E-state index in [4.69, 9.17) is 0 Å². The SMILES string of the molecule is OCC1S[C@@H](Nc2ccccc2Cc2ccccc2)[C@H](O)[C@@H](O)[C@@H]1O. The van der Waals surface area contributed by atoms with E-state index in [0.717, 1.165) is 17.7 Å². The fourth-order valence-electron chi connectivity index (χ4n) is 3.01. The predicted octanol–water partition coefficient (Wildman–Crippen LogP) is 1.21. The first-order chi connectivity index (χ1) is 12.1. The molecule has 0 radical (unpaired) electrons. The minimum Gasteiger partial charge on any atom is -0.395 e. The van der Waals surface area contributed by atoms with Gasteiger partial charge in [-0.1, -0.05) is 48.5 Å². The molecule has 0 bridgehead atoms. The zero-order valence-electron chi connectivity index (χ0n) is 13.7. The minimum atomic E-state index is -1.29. The number of para-hydroxylation sites is 1. The zero-order chi connectivity index (χ0) is 17.8. The van der Waals surface area contributed by atoms with E-state index in [2.05, 4.69) is 17.4 Å². The molecule has 1 aliphatic rings. The lowest BCUT2D eigenvalue weighted by molar-refractivity contribution is -0.0672. The van der Waals surface area contributed by atoms with Crippen molar-refractivity contribution in [2.75, 3.05) is 11.9 Å². The summed E-state index contributed by atoms with van der Waals surface area (Å²) in [6, 6.07) is 17.9. The highest BCUT2D eigenvalue weighted by molar-refractivity contribution is 8.00. The number of hydrogen-bond donors (Lipinski definition) is 5. The van der Waals surface area contributed by atoms with Crippen molar-refractivity contribution in [3.05, 3.63) is 65.7 Å². The van der Waals surface area contributed by atoms with Gasteiger partial charge in [0.15, 0.2) is 0 Å². The maximum atomic E-state index is 10.3. The van der Waals surface area contributed by atoms with Gasteiger partial charge in [0.1, 0.15) is 17.6 Å². The van der Waals surface area contributed by atoms with Gasteiger partial charge in [0, 0.05) is 5.69 Å². The van der Waals surface area contributed by atoms with Crippen LogP contribution in [-0.4, -0.2) is 56.0 Å². The van der Waals surface area contributed by atoms with E-state index in [1.54, 1.807) is 0 Å². The fourth-order valence-corrected chi connectivity index (χ4v) is 4.31. The second kappa shape index (κ2) is 8.21. The Morgan fingerprint density at radius 2 is 1.52 bits per heavy atom. The third-order valence-corrected chi connectivity index (χ3v) is 5.91. The summed E-state index contributed by atoms with van der Waals surface area (Å²) in [7, 11) is 0. The Hall–Kier alpha value is -1.57. The number of hydrogen-bond acceptors (Lipinski definition) is 6. The normalized spacial score (nSPS) is 29.4. The summed E-state index contributed by atoms with van der Waals surface area (Å²) in [6.45, 7) is -0.264. The van der Waals surface area contributed by atoms with Crippen LogP contribution in [0.1, 0.15) is 11.1 Å². The van der Waals surface area contributed by atoms with Crippen molar-refractivity contribution in [3.8, 4) is 0 Å². The second-order valence-electron chi connectivity index (χ2n) is 6.21. The van der Waals surface area contributed by atoms with Gasteiger partial charge in [-0.25, -0.2) is 0 Å². The molecule has 2 aromatic rings.